The number of hydrogen-bond donors (Lipinski definition) is 0. The molecule has 0 aliphatic heterocycles. The molecule has 2 aromatic carbocycles. The number of rotatable bonds is 4. The summed E-state index contributed by atoms with van der Waals surface area (Å²) in [6, 6.07) is 17.5. The first-order chi connectivity index (χ1) is 9.78. The van der Waals surface area contributed by atoms with Crippen molar-refractivity contribution in [1.82, 2.24) is 0 Å². The third kappa shape index (κ3) is 4.21. The van der Waals surface area contributed by atoms with E-state index in [4.69, 9.17) is 0 Å². The van der Waals surface area contributed by atoms with E-state index in [1.54, 1.807) is 6.08 Å². The number of benzene rings is 2. The van der Waals surface area contributed by atoms with Gasteiger partial charge >= 0.3 is 5.97 Å². The topological polar surface area (TPSA) is 38.7 Å². The van der Waals surface area contributed by atoms with Crippen LogP contribution in [0.25, 0.3) is 6.08 Å². The minimum atomic E-state index is -0.372. The van der Waals surface area contributed by atoms with Gasteiger partial charge in [0.2, 0.25) is 0 Å². The van der Waals surface area contributed by atoms with Crippen molar-refractivity contribution >= 4 is 23.9 Å². The molecule has 0 N–H and O–H groups in total. The fraction of sp³-hybridized carbons (Fsp3) is 0.0588. The first kappa shape index (κ1) is 13.7. The van der Waals surface area contributed by atoms with Crippen molar-refractivity contribution in [1.29, 1.82) is 0 Å². The minimum Gasteiger partial charge on any atom is -0.466 e. The van der Waals surface area contributed by atoms with Crippen LogP contribution in [0.1, 0.15) is 11.1 Å². The van der Waals surface area contributed by atoms with Crippen molar-refractivity contribution < 1.29 is 9.53 Å². The average Bonchev–Trinajstić information content (AvgIpc) is 2.52. The molecule has 2 aromatic rings. The first-order valence-corrected chi connectivity index (χ1v) is 6.23. The summed E-state index contributed by atoms with van der Waals surface area (Å²) in [5, 5.41) is 0. The zero-order valence-corrected chi connectivity index (χ0v) is 11.2. The van der Waals surface area contributed by atoms with Crippen LogP contribution in [0, 0.1) is 0 Å². The summed E-state index contributed by atoms with van der Waals surface area (Å²) in [5.41, 5.74) is 2.78. The van der Waals surface area contributed by atoms with E-state index < -0.39 is 0 Å². The number of aliphatic imine (C=N–C) groups is 1. The SMILES string of the molecule is COC(=O)/C=C/c1cccc(N=Cc2ccccc2)c1. The van der Waals surface area contributed by atoms with Gasteiger partial charge < -0.3 is 4.74 Å². The van der Waals surface area contributed by atoms with Gasteiger partial charge in [-0.2, -0.15) is 0 Å². The number of esters is 1. The molecule has 0 aromatic heterocycles. The van der Waals surface area contributed by atoms with Gasteiger partial charge in [0.1, 0.15) is 0 Å². The van der Waals surface area contributed by atoms with Crippen LogP contribution in [0.2, 0.25) is 0 Å². The number of carbonyl (C=O) groups is 1. The first-order valence-electron chi connectivity index (χ1n) is 6.23. The molecule has 0 fully saturated rings. The number of hydrogen-bond acceptors (Lipinski definition) is 3. The van der Waals surface area contributed by atoms with E-state index in [-0.39, 0.29) is 5.97 Å². The zero-order valence-electron chi connectivity index (χ0n) is 11.2. The number of methoxy groups -OCH3 is 1. The molecule has 0 heterocycles. The normalized spacial score (nSPS) is 11.1. The summed E-state index contributed by atoms with van der Waals surface area (Å²) in [6.07, 6.45) is 4.90. The summed E-state index contributed by atoms with van der Waals surface area (Å²) >= 11 is 0. The van der Waals surface area contributed by atoms with Gasteiger partial charge in [0.25, 0.3) is 0 Å². The second-order valence-corrected chi connectivity index (χ2v) is 4.12. The molecule has 0 atom stereocenters. The van der Waals surface area contributed by atoms with Crippen LogP contribution < -0.4 is 0 Å². The molecule has 100 valence electrons. The van der Waals surface area contributed by atoms with Crippen LogP contribution in [0.5, 0.6) is 0 Å². The molecule has 0 saturated heterocycles. The smallest absolute Gasteiger partial charge is 0.330 e. The summed E-state index contributed by atoms with van der Waals surface area (Å²) in [4.78, 5) is 15.5. The second kappa shape index (κ2) is 7.04. The van der Waals surface area contributed by atoms with Crippen molar-refractivity contribution in [2.45, 2.75) is 0 Å². The standard InChI is InChI=1S/C17H15NO2/c1-20-17(19)11-10-14-8-5-9-16(12-14)18-13-15-6-3-2-4-7-15/h2-13H,1H3/b11-10+,18-13?. The Bertz CT molecular complexity index is 630. The maximum Gasteiger partial charge on any atom is 0.330 e. The summed E-state index contributed by atoms with van der Waals surface area (Å²) in [6.45, 7) is 0. The third-order valence-corrected chi connectivity index (χ3v) is 2.65. The Labute approximate surface area is 118 Å². The quantitative estimate of drug-likeness (QED) is 0.481. The molecular formula is C17H15NO2. The van der Waals surface area contributed by atoms with Crippen LogP contribution in [-0.4, -0.2) is 19.3 Å². The van der Waals surface area contributed by atoms with Crippen LogP contribution in [0.15, 0.2) is 65.7 Å². The second-order valence-electron chi connectivity index (χ2n) is 4.12. The van der Waals surface area contributed by atoms with E-state index in [0.717, 1.165) is 16.8 Å². The molecular weight excluding hydrogens is 250 g/mol. The molecule has 3 nitrogen and oxygen atoms in total. The van der Waals surface area contributed by atoms with Crippen molar-refractivity contribution in [2.24, 2.45) is 4.99 Å². The summed E-state index contributed by atoms with van der Waals surface area (Å²) in [5.74, 6) is -0.372. The zero-order chi connectivity index (χ0) is 14.2. The highest BCUT2D eigenvalue weighted by Crippen LogP contribution is 2.15. The van der Waals surface area contributed by atoms with E-state index in [9.17, 15) is 4.79 Å². The van der Waals surface area contributed by atoms with Gasteiger partial charge in [-0.3, -0.25) is 4.99 Å². The Hall–Kier alpha value is -2.68. The number of ether oxygens (including phenoxy) is 1. The predicted molar refractivity (Wildman–Crippen MR) is 81.2 cm³/mol. The summed E-state index contributed by atoms with van der Waals surface area (Å²) < 4.78 is 4.55. The largest absolute Gasteiger partial charge is 0.466 e. The highest BCUT2D eigenvalue weighted by atomic mass is 16.5. The monoisotopic (exact) mass is 265 g/mol. The van der Waals surface area contributed by atoms with E-state index in [2.05, 4.69) is 9.73 Å². The van der Waals surface area contributed by atoms with Gasteiger partial charge in [-0.1, -0.05) is 42.5 Å². The highest BCUT2D eigenvalue weighted by molar-refractivity contribution is 5.87. The fourth-order valence-electron chi connectivity index (χ4n) is 1.63. The number of nitrogens with zero attached hydrogens (tertiary/aromatic N) is 1. The predicted octanol–water partition coefficient (Wildman–Crippen LogP) is 3.62. The van der Waals surface area contributed by atoms with Gasteiger partial charge in [0.05, 0.1) is 12.8 Å². The summed E-state index contributed by atoms with van der Waals surface area (Å²) in [7, 11) is 1.35. The molecule has 0 spiro atoms. The Kier molecular flexibility index (Phi) is 4.84. The molecule has 2 rings (SSSR count). The lowest BCUT2D eigenvalue weighted by Gasteiger charge is -1.97. The Morgan fingerprint density at radius 3 is 2.55 bits per heavy atom. The maximum absolute atomic E-state index is 11.0. The minimum absolute atomic E-state index is 0.372. The molecule has 20 heavy (non-hydrogen) atoms. The van der Waals surface area contributed by atoms with Crippen molar-refractivity contribution in [3.63, 3.8) is 0 Å². The highest BCUT2D eigenvalue weighted by Gasteiger charge is 1.94. The van der Waals surface area contributed by atoms with Gasteiger partial charge in [-0.25, -0.2) is 4.79 Å². The molecule has 0 bridgehead atoms. The average molecular weight is 265 g/mol. The van der Waals surface area contributed by atoms with Crippen LogP contribution in [-0.2, 0) is 9.53 Å². The lowest BCUT2D eigenvalue weighted by Crippen LogP contribution is -1.93. The lowest BCUT2D eigenvalue weighted by atomic mass is 10.2. The Morgan fingerprint density at radius 1 is 1.05 bits per heavy atom. The third-order valence-electron chi connectivity index (χ3n) is 2.65. The van der Waals surface area contributed by atoms with E-state index in [1.165, 1.54) is 13.2 Å². The van der Waals surface area contributed by atoms with Gasteiger partial charge in [-0.05, 0) is 29.3 Å². The van der Waals surface area contributed by atoms with Gasteiger partial charge in [-0.15, -0.1) is 0 Å². The molecule has 0 aliphatic rings. The Balaban J connectivity index is 2.12. The molecule has 0 radical (unpaired) electrons. The molecule has 0 amide bonds. The fourth-order valence-corrected chi connectivity index (χ4v) is 1.63. The van der Waals surface area contributed by atoms with E-state index in [0.29, 0.717) is 0 Å². The van der Waals surface area contributed by atoms with Crippen LogP contribution in [0.3, 0.4) is 0 Å². The van der Waals surface area contributed by atoms with Crippen LogP contribution >= 0.6 is 0 Å². The van der Waals surface area contributed by atoms with Gasteiger partial charge in [0.15, 0.2) is 0 Å². The van der Waals surface area contributed by atoms with Gasteiger partial charge in [0, 0.05) is 12.3 Å². The lowest BCUT2D eigenvalue weighted by molar-refractivity contribution is -0.134. The number of carbonyl (C=O) groups excluding carboxylic acids is 1. The molecule has 0 unspecified atom stereocenters. The molecule has 3 heteroatoms. The van der Waals surface area contributed by atoms with Crippen molar-refractivity contribution in [2.75, 3.05) is 7.11 Å². The van der Waals surface area contributed by atoms with E-state index >= 15 is 0 Å². The van der Waals surface area contributed by atoms with Crippen molar-refractivity contribution in [3.05, 3.63) is 71.8 Å². The molecule has 0 aliphatic carbocycles. The van der Waals surface area contributed by atoms with E-state index in [1.807, 2.05) is 60.8 Å². The Morgan fingerprint density at radius 2 is 1.80 bits per heavy atom. The van der Waals surface area contributed by atoms with Crippen LogP contribution in [0.4, 0.5) is 5.69 Å². The van der Waals surface area contributed by atoms with Crippen molar-refractivity contribution in [3.8, 4) is 0 Å². The molecule has 0 saturated carbocycles. The maximum atomic E-state index is 11.0.